The molecule has 0 fully saturated rings. The monoisotopic (exact) mass is 217 g/mol. The van der Waals surface area contributed by atoms with Crippen LogP contribution in [0, 0.1) is 6.92 Å². The number of aromatic carboxylic acids is 1. The number of aromatic nitrogens is 3. The topological polar surface area (TPSA) is 67.5 Å². The van der Waals surface area contributed by atoms with Crippen molar-refractivity contribution in [3.8, 4) is 0 Å². The van der Waals surface area contributed by atoms with Crippen molar-refractivity contribution in [3.63, 3.8) is 0 Å². The summed E-state index contributed by atoms with van der Waals surface area (Å²) in [7, 11) is 0. The van der Waals surface area contributed by atoms with Gasteiger partial charge in [0.2, 0.25) is 0 Å². The molecule has 0 amide bonds. The van der Waals surface area contributed by atoms with E-state index in [1.165, 1.54) is 0 Å². The van der Waals surface area contributed by atoms with Crippen LogP contribution in [0.2, 0.25) is 0 Å². The maximum absolute atomic E-state index is 11.1. The van der Waals surface area contributed by atoms with Crippen molar-refractivity contribution in [3.05, 3.63) is 28.7 Å². The second-order valence-corrected chi connectivity index (χ2v) is 4.10. The van der Waals surface area contributed by atoms with Crippen molar-refractivity contribution < 1.29 is 9.90 Å². The Kier molecular flexibility index (Phi) is 1.77. The summed E-state index contributed by atoms with van der Waals surface area (Å²) in [5, 5.41) is 13.5. The van der Waals surface area contributed by atoms with E-state index < -0.39 is 5.97 Å². The van der Waals surface area contributed by atoms with Crippen molar-refractivity contribution in [2.24, 2.45) is 0 Å². The SMILES string of the molecule is Cc1cc2nc(C(=O)O)c3c(n2n1)CCC3. The molecule has 5 nitrogen and oxygen atoms in total. The normalized spacial score (nSPS) is 14.3. The molecule has 0 saturated heterocycles. The first-order valence-corrected chi connectivity index (χ1v) is 5.28. The van der Waals surface area contributed by atoms with Crippen LogP contribution in [0.3, 0.4) is 0 Å². The Morgan fingerprint density at radius 3 is 3.06 bits per heavy atom. The molecule has 2 heterocycles. The third kappa shape index (κ3) is 1.14. The zero-order valence-corrected chi connectivity index (χ0v) is 8.90. The Balaban J connectivity index is 2.41. The molecule has 2 aromatic heterocycles. The van der Waals surface area contributed by atoms with Gasteiger partial charge in [0.25, 0.3) is 0 Å². The second-order valence-electron chi connectivity index (χ2n) is 4.10. The van der Waals surface area contributed by atoms with Crippen molar-refractivity contribution >= 4 is 11.6 Å². The van der Waals surface area contributed by atoms with Crippen molar-refractivity contribution in [1.29, 1.82) is 0 Å². The zero-order chi connectivity index (χ0) is 11.3. The van der Waals surface area contributed by atoms with E-state index in [9.17, 15) is 4.79 Å². The van der Waals surface area contributed by atoms with Crippen molar-refractivity contribution in [1.82, 2.24) is 14.6 Å². The van der Waals surface area contributed by atoms with Crippen LogP contribution in [-0.2, 0) is 12.8 Å². The van der Waals surface area contributed by atoms with E-state index in [0.29, 0.717) is 5.65 Å². The highest BCUT2D eigenvalue weighted by Gasteiger charge is 2.24. The highest BCUT2D eigenvalue weighted by atomic mass is 16.4. The smallest absolute Gasteiger partial charge is 0.354 e. The molecule has 0 atom stereocenters. The molecule has 1 aliphatic rings. The van der Waals surface area contributed by atoms with Crippen molar-refractivity contribution in [2.45, 2.75) is 26.2 Å². The molecule has 82 valence electrons. The highest BCUT2D eigenvalue weighted by molar-refractivity contribution is 5.88. The molecule has 0 saturated carbocycles. The molecule has 3 rings (SSSR count). The maximum atomic E-state index is 11.1. The number of aryl methyl sites for hydroxylation is 2. The van der Waals surface area contributed by atoms with Gasteiger partial charge in [-0.05, 0) is 26.2 Å². The quantitative estimate of drug-likeness (QED) is 0.780. The van der Waals surface area contributed by atoms with Gasteiger partial charge in [-0.25, -0.2) is 14.3 Å². The van der Waals surface area contributed by atoms with Gasteiger partial charge in [0.1, 0.15) is 0 Å². The fourth-order valence-electron chi connectivity index (χ4n) is 2.34. The van der Waals surface area contributed by atoms with Gasteiger partial charge in [-0.2, -0.15) is 5.10 Å². The van der Waals surface area contributed by atoms with Crippen LogP contribution in [0.15, 0.2) is 6.07 Å². The minimum atomic E-state index is -0.945. The Hall–Kier alpha value is -1.91. The molecule has 0 spiro atoms. The van der Waals surface area contributed by atoms with E-state index in [1.54, 1.807) is 4.52 Å². The average molecular weight is 217 g/mol. The molecule has 0 aromatic carbocycles. The highest BCUT2D eigenvalue weighted by Crippen LogP contribution is 2.25. The van der Waals surface area contributed by atoms with Crippen molar-refractivity contribution in [2.75, 3.05) is 0 Å². The summed E-state index contributed by atoms with van der Waals surface area (Å²) >= 11 is 0. The summed E-state index contributed by atoms with van der Waals surface area (Å²) in [6.07, 6.45) is 2.66. The number of hydrogen-bond acceptors (Lipinski definition) is 3. The first-order valence-electron chi connectivity index (χ1n) is 5.28. The number of carbonyl (C=O) groups is 1. The maximum Gasteiger partial charge on any atom is 0.354 e. The molecule has 2 aromatic rings. The fraction of sp³-hybridized carbons (Fsp3) is 0.364. The lowest BCUT2D eigenvalue weighted by atomic mass is 10.2. The summed E-state index contributed by atoms with van der Waals surface area (Å²) in [5.74, 6) is -0.945. The Morgan fingerprint density at radius 2 is 2.31 bits per heavy atom. The van der Waals surface area contributed by atoms with E-state index in [0.717, 1.165) is 36.2 Å². The van der Waals surface area contributed by atoms with Crippen LogP contribution in [0.4, 0.5) is 0 Å². The number of carboxylic acid groups (broad SMARTS) is 1. The third-order valence-electron chi connectivity index (χ3n) is 2.97. The fourth-order valence-corrected chi connectivity index (χ4v) is 2.34. The van der Waals surface area contributed by atoms with Gasteiger partial charge in [-0.15, -0.1) is 0 Å². The van der Waals surface area contributed by atoms with E-state index in [2.05, 4.69) is 10.1 Å². The number of hydrogen-bond donors (Lipinski definition) is 1. The summed E-state index contributed by atoms with van der Waals surface area (Å²) < 4.78 is 1.78. The van der Waals surface area contributed by atoms with Gasteiger partial charge in [0.05, 0.1) is 11.4 Å². The van der Waals surface area contributed by atoms with Crippen LogP contribution in [0.1, 0.15) is 33.9 Å². The van der Waals surface area contributed by atoms with Crippen LogP contribution >= 0.6 is 0 Å². The first kappa shape index (κ1) is 9.33. The molecular weight excluding hydrogens is 206 g/mol. The van der Waals surface area contributed by atoms with Crippen LogP contribution < -0.4 is 0 Å². The summed E-state index contributed by atoms with van der Waals surface area (Å²) in [5.41, 5.74) is 3.55. The largest absolute Gasteiger partial charge is 0.476 e. The standard InChI is InChI=1S/C11H11N3O2/c1-6-5-9-12-10(11(15)16)7-3-2-4-8(7)14(9)13-6/h5H,2-4H2,1H3,(H,15,16). The van der Waals surface area contributed by atoms with E-state index in [-0.39, 0.29) is 5.69 Å². The lowest BCUT2D eigenvalue weighted by Crippen LogP contribution is -2.10. The molecular formula is C11H11N3O2. The lowest BCUT2D eigenvalue weighted by molar-refractivity contribution is 0.0689. The number of rotatable bonds is 1. The minimum Gasteiger partial charge on any atom is -0.476 e. The lowest BCUT2D eigenvalue weighted by Gasteiger charge is -2.05. The average Bonchev–Trinajstić information content (AvgIpc) is 2.79. The number of fused-ring (bicyclic) bond motifs is 3. The predicted molar refractivity (Wildman–Crippen MR) is 56.7 cm³/mol. The van der Waals surface area contributed by atoms with E-state index in [4.69, 9.17) is 5.11 Å². The molecule has 0 bridgehead atoms. The summed E-state index contributed by atoms with van der Waals surface area (Å²) in [4.78, 5) is 15.3. The predicted octanol–water partition coefficient (Wildman–Crippen LogP) is 1.22. The van der Waals surface area contributed by atoms with Gasteiger partial charge in [0.15, 0.2) is 11.3 Å². The van der Waals surface area contributed by atoms with Gasteiger partial charge >= 0.3 is 5.97 Å². The molecule has 0 unspecified atom stereocenters. The molecule has 5 heteroatoms. The number of nitrogens with zero attached hydrogens (tertiary/aromatic N) is 3. The second kappa shape index (κ2) is 3.04. The van der Waals surface area contributed by atoms with Gasteiger partial charge in [-0.1, -0.05) is 0 Å². The summed E-state index contributed by atoms with van der Waals surface area (Å²) in [6.45, 7) is 1.89. The van der Waals surface area contributed by atoms with Crippen LogP contribution in [0.25, 0.3) is 5.65 Å². The van der Waals surface area contributed by atoms with Crippen LogP contribution in [-0.4, -0.2) is 25.7 Å². The van der Waals surface area contributed by atoms with Gasteiger partial charge in [0, 0.05) is 11.6 Å². The van der Waals surface area contributed by atoms with Gasteiger partial charge in [-0.3, -0.25) is 0 Å². The minimum absolute atomic E-state index is 0.194. The van der Waals surface area contributed by atoms with E-state index in [1.807, 2.05) is 13.0 Å². The molecule has 16 heavy (non-hydrogen) atoms. The Morgan fingerprint density at radius 1 is 1.50 bits per heavy atom. The zero-order valence-electron chi connectivity index (χ0n) is 8.90. The van der Waals surface area contributed by atoms with E-state index >= 15 is 0 Å². The number of carboxylic acids is 1. The first-order chi connectivity index (χ1) is 7.66. The Bertz CT molecular complexity index is 601. The Labute approximate surface area is 91.7 Å². The van der Waals surface area contributed by atoms with Gasteiger partial charge < -0.3 is 5.11 Å². The van der Waals surface area contributed by atoms with Crippen LogP contribution in [0.5, 0.6) is 0 Å². The molecule has 0 aliphatic heterocycles. The molecule has 1 N–H and O–H groups in total. The summed E-state index contributed by atoms with van der Waals surface area (Å²) in [6, 6.07) is 1.81. The third-order valence-corrected chi connectivity index (χ3v) is 2.97. The molecule has 1 aliphatic carbocycles. The molecule has 0 radical (unpaired) electrons.